The molecule has 0 radical (unpaired) electrons. The number of carbonyl (C=O) groups is 1. The SMILES string of the molecule is CC(C)(NC1CCc2ccccc21)C(N)=O. The molecule has 86 valence electrons. The molecule has 0 saturated heterocycles. The Morgan fingerprint density at radius 2 is 2.12 bits per heavy atom. The van der Waals surface area contributed by atoms with E-state index in [0.29, 0.717) is 0 Å². The molecule has 16 heavy (non-hydrogen) atoms. The summed E-state index contributed by atoms with van der Waals surface area (Å²) in [6, 6.07) is 8.61. The van der Waals surface area contributed by atoms with E-state index in [9.17, 15) is 4.79 Å². The van der Waals surface area contributed by atoms with Crippen LogP contribution in [0.1, 0.15) is 37.4 Å². The van der Waals surface area contributed by atoms with Crippen LogP contribution < -0.4 is 11.1 Å². The number of carbonyl (C=O) groups excluding carboxylic acids is 1. The number of hydrogen-bond acceptors (Lipinski definition) is 2. The Labute approximate surface area is 96.0 Å². The van der Waals surface area contributed by atoms with Crippen LogP contribution in [0.15, 0.2) is 24.3 Å². The molecule has 1 atom stereocenters. The Morgan fingerprint density at radius 3 is 2.81 bits per heavy atom. The predicted octanol–water partition coefficient (Wildman–Crippen LogP) is 1.53. The van der Waals surface area contributed by atoms with E-state index in [1.165, 1.54) is 11.1 Å². The fraction of sp³-hybridized carbons (Fsp3) is 0.462. The zero-order chi connectivity index (χ0) is 11.8. The molecule has 3 N–H and O–H groups in total. The van der Waals surface area contributed by atoms with Gasteiger partial charge in [-0.3, -0.25) is 10.1 Å². The molecule has 0 bridgehead atoms. The van der Waals surface area contributed by atoms with Crippen LogP contribution in [-0.2, 0) is 11.2 Å². The molecule has 0 heterocycles. The summed E-state index contributed by atoms with van der Waals surface area (Å²) in [5.41, 5.74) is 7.39. The number of hydrogen-bond donors (Lipinski definition) is 2. The monoisotopic (exact) mass is 218 g/mol. The minimum Gasteiger partial charge on any atom is -0.368 e. The van der Waals surface area contributed by atoms with Gasteiger partial charge in [-0.15, -0.1) is 0 Å². The smallest absolute Gasteiger partial charge is 0.237 e. The summed E-state index contributed by atoms with van der Waals surface area (Å²) in [6.45, 7) is 3.66. The van der Waals surface area contributed by atoms with Crippen LogP contribution in [0.25, 0.3) is 0 Å². The molecule has 1 amide bonds. The van der Waals surface area contributed by atoms with Crippen molar-refractivity contribution in [2.45, 2.75) is 38.3 Å². The van der Waals surface area contributed by atoms with Crippen molar-refractivity contribution < 1.29 is 4.79 Å². The third-order valence-corrected chi connectivity index (χ3v) is 3.28. The van der Waals surface area contributed by atoms with Gasteiger partial charge in [-0.2, -0.15) is 0 Å². The number of aryl methyl sites for hydroxylation is 1. The molecule has 3 heteroatoms. The first-order valence-corrected chi connectivity index (χ1v) is 5.66. The second-order valence-electron chi connectivity index (χ2n) is 4.92. The third-order valence-electron chi connectivity index (χ3n) is 3.28. The van der Waals surface area contributed by atoms with Crippen molar-refractivity contribution in [3.8, 4) is 0 Å². The van der Waals surface area contributed by atoms with Crippen LogP contribution in [0.3, 0.4) is 0 Å². The van der Waals surface area contributed by atoms with Gasteiger partial charge in [0.05, 0.1) is 5.54 Å². The number of benzene rings is 1. The summed E-state index contributed by atoms with van der Waals surface area (Å²) in [6.07, 6.45) is 2.11. The van der Waals surface area contributed by atoms with Gasteiger partial charge in [0.2, 0.25) is 5.91 Å². The van der Waals surface area contributed by atoms with Gasteiger partial charge in [0.25, 0.3) is 0 Å². The minimum absolute atomic E-state index is 0.249. The van der Waals surface area contributed by atoms with Gasteiger partial charge in [-0.25, -0.2) is 0 Å². The molecule has 0 aromatic heterocycles. The highest BCUT2D eigenvalue weighted by Gasteiger charge is 2.31. The number of fused-ring (bicyclic) bond motifs is 1. The van der Waals surface area contributed by atoms with E-state index < -0.39 is 5.54 Å². The third kappa shape index (κ3) is 1.95. The van der Waals surface area contributed by atoms with Crippen LogP contribution in [0.5, 0.6) is 0 Å². The number of nitrogens with two attached hydrogens (primary N) is 1. The molecular weight excluding hydrogens is 200 g/mol. The lowest BCUT2D eigenvalue weighted by Gasteiger charge is -2.27. The highest BCUT2D eigenvalue weighted by Crippen LogP contribution is 2.32. The van der Waals surface area contributed by atoms with Crippen molar-refractivity contribution in [2.24, 2.45) is 5.73 Å². The Morgan fingerprint density at radius 1 is 1.44 bits per heavy atom. The lowest BCUT2D eigenvalue weighted by molar-refractivity contribution is -0.123. The van der Waals surface area contributed by atoms with Gasteiger partial charge in [0.15, 0.2) is 0 Å². The van der Waals surface area contributed by atoms with E-state index in [0.717, 1.165) is 12.8 Å². The molecule has 0 aliphatic heterocycles. The molecule has 2 rings (SSSR count). The van der Waals surface area contributed by atoms with Crippen LogP contribution in [-0.4, -0.2) is 11.4 Å². The Kier molecular flexibility index (Phi) is 2.72. The molecule has 1 aliphatic rings. The molecular formula is C13H18N2O. The predicted molar refractivity (Wildman–Crippen MR) is 63.9 cm³/mol. The molecule has 1 aliphatic carbocycles. The second-order valence-corrected chi connectivity index (χ2v) is 4.92. The molecule has 0 spiro atoms. The number of primary amides is 1. The molecule has 3 nitrogen and oxygen atoms in total. The van der Waals surface area contributed by atoms with Crippen molar-refractivity contribution in [3.05, 3.63) is 35.4 Å². The molecule has 0 saturated carbocycles. The summed E-state index contributed by atoms with van der Waals surface area (Å²) in [4.78, 5) is 11.3. The number of rotatable bonds is 3. The highest BCUT2D eigenvalue weighted by atomic mass is 16.1. The minimum atomic E-state index is -0.651. The summed E-state index contributed by atoms with van der Waals surface area (Å²) in [5, 5.41) is 3.34. The number of nitrogens with one attached hydrogen (secondary N) is 1. The van der Waals surface area contributed by atoms with Crippen LogP contribution in [0.4, 0.5) is 0 Å². The fourth-order valence-corrected chi connectivity index (χ4v) is 2.21. The topological polar surface area (TPSA) is 55.1 Å². The van der Waals surface area contributed by atoms with Crippen LogP contribution >= 0.6 is 0 Å². The quantitative estimate of drug-likeness (QED) is 0.808. The maximum Gasteiger partial charge on any atom is 0.237 e. The molecule has 1 aromatic carbocycles. The van der Waals surface area contributed by atoms with Gasteiger partial charge in [-0.1, -0.05) is 24.3 Å². The first kappa shape index (κ1) is 11.1. The van der Waals surface area contributed by atoms with Gasteiger partial charge >= 0.3 is 0 Å². The van der Waals surface area contributed by atoms with Crippen molar-refractivity contribution >= 4 is 5.91 Å². The summed E-state index contributed by atoms with van der Waals surface area (Å²) < 4.78 is 0. The van der Waals surface area contributed by atoms with Crippen LogP contribution in [0.2, 0.25) is 0 Å². The normalized spacial score (nSPS) is 19.5. The van der Waals surface area contributed by atoms with E-state index in [1.54, 1.807) is 0 Å². The lowest BCUT2D eigenvalue weighted by Crippen LogP contribution is -2.51. The molecule has 1 aromatic rings. The summed E-state index contributed by atoms with van der Waals surface area (Å²) in [7, 11) is 0. The number of amides is 1. The Bertz CT molecular complexity index is 412. The van der Waals surface area contributed by atoms with Gasteiger partial charge < -0.3 is 5.73 Å². The average molecular weight is 218 g/mol. The Hall–Kier alpha value is -1.35. The van der Waals surface area contributed by atoms with Gasteiger partial charge in [0, 0.05) is 6.04 Å². The zero-order valence-electron chi connectivity index (χ0n) is 9.79. The van der Waals surface area contributed by atoms with Gasteiger partial charge in [-0.05, 0) is 37.8 Å². The van der Waals surface area contributed by atoms with Crippen molar-refractivity contribution in [1.82, 2.24) is 5.32 Å². The van der Waals surface area contributed by atoms with E-state index in [2.05, 4.69) is 23.5 Å². The van der Waals surface area contributed by atoms with Gasteiger partial charge in [0.1, 0.15) is 0 Å². The fourth-order valence-electron chi connectivity index (χ4n) is 2.21. The van der Waals surface area contributed by atoms with E-state index >= 15 is 0 Å². The first-order chi connectivity index (χ1) is 7.50. The van der Waals surface area contributed by atoms with Crippen molar-refractivity contribution in [1.29, 1.82) is 0 Å². The van der Waals surface area contributed by atoms with E-state index in [4.69, 9.17) is 5.73 Å². The molecule has 1 unspecified atom stereocenters. The summed E-state index contributed by atoms with van der Waals surface area (Å²) >= 11 is 0. The van der Waals surface area contributed by atoms with Crippen molar-refractivity contribution in [3.63, 3.8) is 0 Å². The largest absolute Gasteiger partial charge is 0.368 e. The first-order valence-electron chi connectivity index (χ1n) is 5.66. The second kappa shape index (κ2) is 3.91. The Balaban J connectivity index is 2.18. The maximum atomic E-state index is 11.3. The van der Waals surface area contributed by atoms with Crippen molar-refractivity contribution in [2.75, 3.05) is 0 Å². The lowest BCUT2D eigenvalue weighted by atomic mass is 10.0. The zero-order valence-corrected chi connectivity index (χ0v) is 9.79. The van der Waals surface area contributed by atoms with E-state index in [1.807, 2.05) is 19.9 Å². The van der Waals surface area contributed by atoms with E-state index in [-0.39, 0.29) is 11.9 Å². The maximum absolute atomic E-state index is 11.3. The standard InChI is InChI=1S/C13H18N2O/c1-13(2,12(14)16)15-11-8-7-9-5-3-4-6-10(9)11/h3-6,11,15H,7-8H2,1-2H3,(H2,14,16). The summed E-state index contributed by atoms with van der Waals surface area (Å²) in [5.74, 6) is -0.308. The highest BCUT2D eigenvalue weighted by molar-refractivity contribution is 5.83. The van der Waals surface area contributed by atoms with Crippen LogP contribution in [0, 0.1) is 0 Å². The molecule has 0 fully saturated rings. The average Bonchev–Trinajstić information content (AvgIpc) is 2.61.